The van der Waals surface area contributed by atoms with Gasteiger partial charge in [-0.1, -0.05) is 13.8 Å². The van der Waals surface area contributed by atoms with Crippen molar-refractivity contribution in [3.63, 3.8) is 0 Å². The second kappa shape index (κ2) is 8.42. The van der Waals surface area contributed by atoms with E-state index in [4.69, 9.17) is 4.99 Å². The third-order valence-corrected chi connectivity index (χ3v) is 5.47. The van der Waals surface area contributed by atoms with Crippen LogP contribution >= 0.6 is 0 Å². The lowest BCUT2D eigenvalue weighted by atomic mass is 10.1. The lowest BCUT2D eigenvalue weighted by molar-refractivity contribution is 0.315. The van der Waals surface area contributed by atoms with Gasteiger partial charge in [-0.3, -0.25) is 9.67 Å². The number of aliphatic imine (C=N–C) groups is 1. The summed E-state index contributed by atoms with van der Waals surface area (Å²) >= 11 is 0. The molecule has 0 aromatic carbocycles. The van der Waals surface area contributed by atoms with E-state index in [2.05, 4.69) is 54.2 Å². The Morgan fingerprint density at radius 1 is 1.38 bits per heavy atom. The van der Waals surface area contributed by atoms with Gasteiger partial charge in [-0.05, 0) is 44.6 Å². The lowest BCUT2D eigenvalue weighted by Gasteiger charge is -2.23. The molecule has 1 aromatic rings. The largest absolute Gasteiger partial charge is 0.357 e. The Balaban J connectivity index is 1.61. The smallest absolute Gasteiger partial charge is 0.193 e. The average molecular weight is 361 g/mol. The second-order valence-electron chi connectivity index (χ2n) is 8.30. The topological polar surface area (TPSA) is 48.7 Å². The Bertz CT molecular complexity index is 616. The summed E-state index contributed by atoms with van der Waals surface area (Å²) in [6.07, 6.45) is 6.25. The van der Waals surface area contributed by atoms with E-state index in [0.29, 0.717) is 11.8 Å². The Hall–Kier alpha value is -1.56. The fourth-order valence-electron chi connectivity index (χ4n) is 3.96. The van der Waals surface area contributed by atoms with Gasteiger partial charge in [-0.25, -0.2) is 0 Å². The minimum Gasteiger partial charge on any atom is -0.357 e. The van der Waals surface area contributed by atoms with Crippen molar-refractivity contribution < 1.29 is 0 Å². The van der Waals surface area contributed by atoms with Crippen LogP contribution in [0.3, 0.4) is 0 Å². The molecule has 0 bridgehead atoms. The molecule has 2 heterocycles. The maximum absolute atomic E-state index is 4.96. The molecule has 1 aliphatic heterocycles. The molecule has 0 amide bonds. The highest BCUT2D eigenvalue weighted by Crippen LogP contribution is 2.31. The van der Waals surface area contributed by atoms with E-state index >= 15 is 0 Å². The van der Waals surface area contributed by atoms with Gasteiger partial charge in [0.2, 0.25) is 0 Å². The molecule has 6 nitrogen and oxygen atoms in total. The molecule has 0 radical (unpaired) electrons. The van der Waals surface area contributed by atoms with Crippen LogP contribution in [0, 0.1) is 5.92 Å². The summed E-state index contributed by atoms with van der Waals surface area (Å²) in [7, 11) is 4.13. The highest BCUT2D eigenvalue weighted by Gasteiger charge is 2.34. The number of hydrogen-bond acceptors (Lipinski definition) is 3. The van der Waals surface area contributed by atoms with E-state index in [0.717, 1.165) is 31.6 Å². The Labute approximate surface area is 158 Å². The van der Waals surface area contributed by atoms with Crippen molar-refractivity contribution in [3.05, 3.63) is 17.5 Å². The SMILES string of the molecule is CCNC(=NCC1CCN(C2CC2)C1)N(C)Cc1cn(C)nc1C(C)C. The second-order valence-corrected chi connectivity index (χ2v) is 8.30. The van der Waals surface area contributed by atoms with Gasteiger partial charge in [-0.15, -0.1) is 0 Å². The molecular weight excluding hydrogens is 324 g/mol. The molecule has 1 aromatic heterocycles. The fraction of sp³-hybridized carbons (Fsp3) is 0.800. The van der Waals surface area contributed by atoms with Crippen LogP contribution in [0.25, 0.3) is 0 Å². The van der Waals surface area contributed by atoms with E-state index in [1.54, 1.807) is 0 Å². The molecular formula is C20H36N6. The molecule has 1 saturated carbocycles. The molecule has 2 aliphatic rings. The molecule has 0 spiro atoms. The molecule has 1 atom stereocenters. The number of nitrogens with zero attached hydrogens (tertiary/aromatic N) is 5. The summed E-state index contributed by atoms with van der Waals surface area (Å²) < 4.78 is 1.92. The van der Waals surface area contributed by atoms with Crippen LogP contribution in [0.2, 0.25) is 0 Å². The predicted molar refractivity (Wildman–Crippen MR) is 107 cm³/mol. The summed E-state index contributed by atoms with van der Waals surface area (Å²) in [5.74, 6) is 2.16. The van der Waals surface area contributed by atoms with E-state index in [1.165, 1.54) is 43.6 Å². The van der Waals surface area contributed by atoms with Gasteiger partial charge in [0, 0.05) is 58.1 Å². The summed E-state index contributed by atoms with van der Waals surface area (Å²) in [5.41, 5.74) is 2.47. The zero-order valence-electron chi connectivity index (χ0n) is 17.2. The number of hydrogen-bond donors (Lipinski definition) is 1. The summed E-state index contributed by atoms with van der Waals surface area (Å²) in [6, 6.07) is 0.889. The fourth-order valence-corrected chi connectivity index (χ4v) is 3.96. The summed E-state index contributed by atoms with van der Waals surface area (Å²) in [6.45, 7) is 11.7. The number of aromatic nitrogens is 2. The minimum absolute atomic E-state index is 0.436. The quantitative estimate of drug-likeness (QED) is 0.599. The standard InChI is InChI=1S/C20H36N6/c1-6-21-20(22-11-16-9-10-26(12-16)18-7-8-18)24(4)13-17-14-25(5)23-19(17)15(2)3/h14-16,18H,6-13H2,1-5H3,(H,21,22). The molecule has 3 rings (SSSR count). The van der Waals surface area contributed by atoms with Gasteiger partial charge in [0.1, 0.15) is 0 Å². The Morgan fingerprint density at radius 3 is 2.81 bits per heavy atom. The minimum atomic E-state index is 0.436. The van der Waals surface area contributed by atoms with Gasteiger partial charge in [-0.2, -0.15) is 5.10 Å². The van der Waals surface area contributed by atoms with Gasteiger partial charge < -0.3 is 15.1 Å². The first-order valence-electron chi connectivity index (χ1n) is 10.2. The van der Waals surface area contributed by atoms with Crippen molar-refractivity contribution in [2.45, 2.75) is 58.5 Å². The third kappa shape index (κ3) is 4.78. The van der Waals surface area contributed by atoms with E-state index < -0.39 is 0 Å². The predicted octanol–water partition coefficient (Wildman–Crippen LogP) is 2.43. The number of guanidine groups is 1. The van der Waals surface area contributed by atoms with Crippen LogP contribution < -0.4 is 5.32 Å². The van der Waals surface area contributed by atoms with Crippen LogP contribution in [-0.2, 0) is 13.6 Å². The van der Waals surface area contributed by atoms with Crippen molar-refractivity contribution in [1.29, 1.82) is 0 Å². The maximum atomic E-state index is 4.96. The van der Waals surface area contributed by atoms with Crippen molar-refractivity contribution in [1.82, 2.24) is 24.9 Å². The molecule has 1 unspecified atom stereocenters. The third-order valence-electron chi connectivity index (χ3n) is 5.47. The maximum Gasteiger partial charge on any atom is 0.193 e. The van der Waals surface area contributed by atoms with Crippen molar-refractivity contribution in [2.75, 3.05) is 33.2 Å². The zero-order valence-corrected chi connectivity index (χ0v) is 17.2. The lowest BCUT2D eigenvalue weighted by Crippen LogP contribution is -2.39. The summed E-state index contributed by atoms with van der Waals surface area (Å²) in [4.78, 5) is 9.87. The van der Waals surface area contributed by atoms with Gasteiger partial charge in [0.05, 0.1) is 5.69 Å². The van der Waals surface area contributed by atoms with E-state index in [9.17, 15) is 0 Å². The Kier molecular flexibility index (Phi) is 6.22. The molecule has 1 aliphatic carbocycles. The van der Waals surface area contributed by atoms with Crippen LogP contribution in [-0.4, -0.2) is 64.8 Å². The number of aryl methyl sites for hydroxylation is 1. The molecule has 1 saturated heterocycles. The van der Waals surface area contributed by atoms with Gasteiger partial charge in [0.25, 0.3) is 0 Å². The normalized spacial score (nSPS) is 21.6. The number of rotatable bonds is 7. The average Bonchev–Trinajstić information content (AvgIpc) is 3.22. The molecule has 1 N–H and O–H groups in total. The van der Waals surface area contributed by atoms with E-state index in [1.807, 2.05) is 11.7 Å². The van der Waals surface area contributed by atoms with Crippen LogP contribution in [0.15, 0.2) is 11.2 Å². The first-order chi connectivity index (χ1) is 12.5. The van der Waals surface area contributed by atoms with Gasteiger partial charge >= 0.3 is 0 Å². The molecule has 2 fully saturated rings. The zero-order chi connectivity index (χ0) is 18.7. The first kappa shape index (κ1) is 19.2. The number of nitrogens with one attached hydrogen (secondary N) is 1. The molecule has 26 heavy (non-hydrogen) atoms. The van der Waals surface area contributed by atoms with Crippen LogP contribution in [0.5, 0.6) is 0 Å². The molecule has 6 heteroatoms. The Morgan fingerprint density at radius 2 is 2.15 bits per heavy atom. The van der Waals surface area contributed by atoms with Crippen LogP contribution in [0.1, 0.15) is 57.2 Å². The molecule has 146 valence electrons. The van der Waals surface area contributed by atoms with Crippen molar-refractivity contribution in [3.8, 4) is 0 Å². The van der Waals surface area contributed by atoms with Crippen LogP contribution in [0.4, 0.5) is 0 Å². The first-order valence-corrected chi connectivity index (χ1v) is 10.2. The number of likely N-dealkylation sites (tertiary alicyclic amines) is 1. The summed E-state index contributed by atoms with van der Waals surface area (Å²) in [5, 5.41) is 8.10. The highest BCUT2D eigenvalue weighted by atomic mass is 15.3. The van der Waals surface area contributed by atoms with Crippen molar-refractivity contribution >= 4 is 5.96 Å². The van der Waals surface area contributed by atoms with Crippen molar-refractivity contribution in [2.24, 2.45) is 18.0 Å². The monoisotopic (exact) mass is 360 g/mol. The van der Waals surface area contributed by atoms with Gasteiger partial charge in [0.15, 0.2) is 5.96 Å². The highest BCUT2D eigenvalue weighted by molar-refractivity contribution is 5.79. The van der Waals surface area contributed by atoms with E-state index in [-0.39, 0.29) is 0 Å².